The summed E-state index contributed by atoms with van der Waals surface area (Å²) in [4.78, 5) is 12.3. The van der Waals surface area contributed by atoms with Gasteiger partial charge in [0.15, 0.2) is 11.4 Å². The molecule has 1 saturated carbocycles. The normalized spacial score (nSPS) is 17.5. The molecule has 2 heterocycles. The molecule has 12 heteroatoms. The lowest BCUT2D eigenvalue weighted by molar-refractivity contribution is -0.142. The second kappa shape index (κ2) is 8.11. The Labute approximate surface area is 180 Å². The number of amides is 1. The van der Waals surface area contributed by atoms with Gasteiger partial charge in [-0.2, -0.15) is 36.5 Å². The van der Waals surface area contributed by atoms with Gasteiger partial charge in [-0.15, -0.1) is 0 Å². The van der Waals surface area contributed by atoms with E-state index < -0.39 is 29.6 Å². The Morgan fingerprint density at radius 1 is 1.12 bits per heavy atom. The Bertz CT molecular complexity index is 1000. The molecular formula is C20H23F6N5O. The van der Waals surface area contributed by atoms with Crippen LogP contribution >= 0.6 is 0 Å². The first kappa shape index (κ1) is 22.7. The van der Waals surface area contributed by atoms with E-state index in [2.05, 4.69) is 15.5 Å². The highest BCUT2D eigenvalue weighted by molar-refractivity contribution is 5.75. The van der Waals surface area contributed by atoms with Gasteiger partial charge < -0.3 is 5.32 Å². The van der Waals surface area contributed by atoms with E-state index in [-0.39, 0.29) is 43.5 Å². The number of halogens is 6. The van der Waals surface area contributed by atoms with Gasteiger partial charge in [-0.05, 0) is 44.1 Å². The molecule has 0 unspecified atom stereocenters. The third-order valence-electron chi connectivity index (χ3n) is 5.80. The average molecular weight is 463 g/mol. The van der Waals surface area contributed by atoms with Gasteiger partial charge in [-0.1, -0.05) is 6.92 Å². The molecule has 0 aromatic carbocycles. The van der Waals surface area contributed by atoms with E-state index in [1.54, 1.807) is 6.92 Å². The molecule has 4 rings (SSSR count). The van der Waals surface area contributed by atoms with Crippen molar-refractivity contribution in [3.63, 3.8) is 0 Å². The van der Waals surface area contributed by atoms with Crippen LogP contribution in [0.5, 0.6) is 0 Å². The van der Waals surface area contributed by atoms with Crippen LogP contribution in [0.2, 0.25) is 0 Å². The van der Waals surface area contributed by atoms with Gasteiger partial charge in [0.25, 0.3) is 0 Å². The number of nitrogens with zero attached hydrogens (tertiary/aromatic N) is 4. The summed E-state index contributed by atoms with van der Waals surface area (Å²) >= 11 is 0. The highest BCUT2D eigenvalue weighted by Gasteiger charge is 2.40. The Kier molecular flexibility index (Phi) is 5.74. The molecule has 2 aromatic rings. The van der Waals surface area contributed by atoms with Crippen LogP contribution in [-0.4, -0.2) is 32.0 Å². The zero-order valence-electron chi connectivity index (χ0n) is 17.4. The summed E-state index contributed by atoms with van der Waals surface area (Å²) in [6.07, 6.45) is -6.14. The molecule has 6 nitrogen and oxygen atoms in total. The van der Waals surface area contributed by atoms with Gasteiger partial charge in [0.2, 0.25) is 5.91 Å². The van der Waals surface area contributed by atoms with Gasteiger partial charge in [-0.25, -0.2) is 0 Å². The number of carbonyl (C=O) groups excluding carboxylic acids is 1. The Morgan fingerprint density at radius 2 is 1.84 bits per heavy atom. The third-order valence-corrected chi connectivity index (χ3v) is 5.80. The second-order valence-electron chi connectivity index (χ2n) is 8.60. The van der Waals surface area contributed by atoms with Crippen molar-refractivity contribution in [2.45, 2.75) is 70.4 Å². The molecular weight excluding hydrogens is 440 g/mol. The van der Waals surface area contributed by atoms with E-state index >= 15 is 0 Å². The Balaban J connectivity index is 1.36. The molecule has 0 bridgehead atoms. The summed E-state index contributed by atoms with van der Waals surface area (Å²) in [5, 5.41) is 9.96. The van der Waals surface area contributed by atoms with Gasteiger partial charge in [0.05, 0.1) is 0 Å². The zero-order chi connectivity index (χ0) is 23.3. The third kappa shape index (κ3) is 4.78. The van der Waals surface area contributed by atoms with Crippen LogP contribution in [0.4, 0.5) is 26.3 Å². The van der Waals surface area contributed by atoms with Gasteiger partial charge in [0, 0.05) is 36.0 Å². The van der Waals surface area contributed by atoms with Crippen LogP contribution in [0.25, 0.3) is 0 Å². The van der Waals surface area contributed by atoms with Crippen molar-refractivity contribution in [2.24, 2.45) is 5.92 Å². The van der Waals surface area contributed by atoms with Crippen molar-refractivity contribution >= 4 is 5.91 Å². The summed E-state index contributed by atoms with van der Waals surface area (Å²) in [6.45, 7) is 1.77. The molecule has 1 N–H and O–H groups in total. The smallest absolute Gasteiger partial charge is 0.354 e. The van der Waals surface area contributed by atoms with Gasteiger partial charge in [-0.3, -0.25) is 14.2 Å². The first-order chi connectivity index (χ1) is 14.9. The van der Waals surface area contributed by atoms with Crippen molar-refractivity contribution in [3.05, 3.63) is 34.4 Å². The lowest BCUT2D eigenvalue weighted by Gasteiger charge is -2.15. The van der Waals surface area contributed by atoms with Crippen molar-refractivity contribution in [1.82, 2.24) is 24.9 Å². The fourth-order valence-corrected chi connectivity index (χ4v) is 4.13. The van der Waals surface area contributed by atoms with E-state index in [9.17, 15) is 31.1 Å². The highest BCUT2D eigenvalue weighted by atomic mass is 19.4. The predicted molar refractivity (Wildman–Crippen MR) is 101 cm³/mol. The average Bonchev–Trinajstić information content (AvgIpc) is 3.09. The molecule has 2 aliphatic rings. The maximum atomic E-state index is 13.2. The monoisotopic (exact) mass is 463 g/mol. The van der Waals surface area contributed by atoms with Crippen molar-refractivity contribution in [1.29, 1.82) is 0 Å². The number of fused-ring (bicyclic) bond motifs is 1. The summed E-state index contributed by atoms with van der Waals surface area (Å²) in [6, 6.07) is 1.08. The summed E-state index contributed by atoms with van der Waals surface area (Å²) < 4.78 is 81.0. The molecule has 1 amide bonds. The quantitative estimate of drug-likeness (QED) is 0.633. The number of carbonyl (C=O) groups is 1. The molecule has 2 aliphatic carbocycles. The van der Waals surface area contributed by atoms with Crippen molar-refractivity contribution in [2.75, 3.05) is 6.54 Å². The SMILES string of the molecule is C[C@H](CNC(=O)Cn1nc(C(F)(F)F)c2c1CCC2)Cn1nc(C(F)(F)F)cc1C1CC1. The van der Waals surface area contributed by atoms with Crippen LogP contribution in [0.1, 0.15) is 60.4 Å². The minimum absolute atomic E-state index is 0.0742. The van der Waals surface area contributed by atoms with Crippen LogP contribution in [0, 0.1) is 5.92 Å². The maximum absolute atomic E-state index is 13.2. The summed E-state index contributed by atoms with van der Waals surface area (Å²) in [5.74, 6) is -0.654. The number of hydrogen-bond donors (Lipinski definition) is 1. The van der Waals surface area contributed by atoms with E-state index in [0.29, 0.717) is 24.2 Å². The number of rotatable bonds is 7. The zero-order valence-corrected chi connectivity index (χ0v) is 17.4. The minimum atomic E-state index is -4.57. The Hall–Kier alpha value is -2.53. The molecule has 2 aromatic heterocycles. The molecule has 176 valence electrons. The van der Waals surface area contributed by atoms with E-state index in [1.165, 1.54) is 4.68 Å². The van der Waals surface area contributed by atoms with E-state index in [4.69, 9.17) is 0 Å². The molecule has 32 heavy (non-hydrogen) atoms. The van der Waals surface area contributed by atoms with Crippen LogP contribution in [0.3, 0.4) is 0 Å². The number of nitrogens with one attached hydrogen (secondary N) is 1. The fraction of sp³-hybridized carbons (Fsp3) is 0.650. The van der Waals surface area contributed by atoms with E-state index in [0.717, 1.165) is 23.6 Å². The van der Waals surface area contributed by atoms with Crippen LogP contribution in [0.15, 0.2) is 6.07 Å². The number of aromatic nitrogens is 4. The minimum Gasteiger partial charge on any atom is -0.354 e. The van der Waals surface area contributed by atoms with Crippen molar-refractivity contribution < 1.29 is 31.1 Å². The summed E-state index contributed by atoms with van der Waals surface area (Å²) in [5.41, 5.74) is -0.722. The molecule has 0 spiro atoms. The lowest BCUT2D eigenvalue weighted by atomic mass is 10.1. The molecule has 1 fully saturated rings. The second-order valence-corrected chi connectivity index (χ2v) is 8.60. The number of alkyl halides is 6. The van der Waals surface area contributed by atoms with Gasteiger partial charge in [0.1, 0.15) is 6.54 Å². The van der Waals surface area contributed by atoms with Gasteiger partial charge >= 0.3 is 12.4 Å². The number of hydrogen-bond acceptors (Lipinski definition) is 3. The molecule has 1 atom stereocenters. The standard InChI is InChI=1S/C20H23F6N5O/c1-11(9-30-15(12-5-6-12)7-16(28-30)19(21,22)23)8-27-17(32)10-31-14-4-2-3-13(14)18(29-31)20(24,25)26/h7,11-12H,2-6,8-10H2,1H3,(H,27,32)/t11-/m1/s1. The van der Waals surface area contributed by atoms with Crippen LogP contribution in [-0.2, 0) is 43.1 Å². The first-order valence-corrected chi connectivity index (χ1v) is 10.5. The fourth-order valence-electron chi connectivity index (χ4n) is 4.13. The Morgan fingerprint density at radius 3 is 2.47 bits per heavy atom. The maximum Gasteiger partial charge on any atom is 0.435 e. The molecule has 0 aliphatic heterocycles. The molecule has 0 radical (unpaired) electrons. The largest absolute Gasteiger partial charge is 0.435 e. The summed E-state index contributed by atoms with van der Waals surface area (Å²) in [7, 11) is 0. The molecule has 0 saturated heterocycles. The van der Waals surface area contributed by atoms with E-state index in [1.807, 2.05) is 0 Å². The lowest BCUT2D eigenvalue weighted by Crippen LogP contribution is -2.33. The highest BCUT2D eigenvalue weighted by Crippen LogP contribution is 2.42. The van der Waals surface area contributed by atoms with Crippen molar-refractivity contribution in [3.8, 4) is 0 Å². The van der Waals surface area contributed by atoms with Crippen LogP contribution < -0.4 is 5.32 Å². The first-order valence-electron chi connectivity index (χ1n) is 10.5. The topological polar surface area (TPSA) is 64.7 Å². The predicted octanol–water partition coefficient (Wildman–Crippen LogP) is 3.94.